The van der Waals surface area contributed by atoms with Gasteiger partial charge in [0.1, 0.15) is 19.0 Å². The van der Waals surface area contributed by atoms with Crippen LogP contribution in [-0.4, -0.2) is 45.3 Å². The van der Waals surface area contributed by atoms with Gasteiger partial charge in [0.05, 0.1) is 0 Å². The lowest BCUT2D eigenvalue weighted by atomic mass is 10.5. The molecule has 0 unspecified atom stereocenters. The van der Waals surface area contributed by atoms with E-state index in [1.54, 1.807) is 0 Å². The van der Waals surface area contributed by atoms with Crippen LogP contribution in [0.2, 0.25) is 0 Å². The molecule has 1 aromatic heterocycles. The Kier molecular flexibility index (Phi) is 5.86. The molecule has 8 nitrogen and oxygen atoms in total. The van der Waals surface area contributed by atoms with Crippen LogP contribution in [0.25, 0.3) is 0 Å². The van der Waals surface area contributed by atoms with Crippen molar-refractivity contribution in [3.63, 3.8) is 0 Å². The molecule has 0 fully saturated rings. The van der Waals surface area contributed by atoms with Crippen molar-refractivity contribution in [1.29, 1.82) is 0 Å². The van der Waals surface area contributed by atoms with E-state index in [1.165, 1.54) is 24.0 Å². The van der Waals surface area contributed by atoms with Crippen LogP contribution in [0.5, 0.6) is 0 Å². The van der Waals surface area contributed by atoms with E-state index in [4.69, 9.17) is 9.84 Å². The highest BCUT2D eigenvalue weighted by atomic mass is 32.2. The van der Waals surface area contributed by atoms with Crippen LogP contribution in [0, 0.1) is 0 Å². The van der Waals surface area contributed by atoms with E-state index in [0.717, 1.165) is 4.57 Å². The number of carboxylic acids is 1. The van der Waals surface area contributed by atoms with E-state index in [0.29, 0.717) is 5.75 Å². The van der Waals surface area contributed by atoms with E-state index >= 15 is 0 Å². The van der Waals surface area contributed by atoms with Crippen molar-refractivity contribution in [2.45, 2.75) is 6.54 Å². The van der Waals surface area contributed by atoms with Gasteiger partial charge in [0.25, 0.3) is 0 Å². The lowest BCUT2D eigenvalue weighted by Crippen LogP contribution is -2.27. The number of anilines is 1. The quantitative estimate of drug-likeness (QED) is 0.721. The summed E-state index contributed by atoms with van der Waals surface area (Å²) >= 11 is 1.53. The Labute approximate surface area is 112 Å². The average Bonchev–Trinajstić information content (AvgIpc) is 2.32. The Balaban J connectivity index is 2.60. The first kappa shape index (κ1) is 15.0. The van der Waals surface area contributed by atoms with Gasteiger partial charge in [0, 0.05) is 11.9 Å². The van der Waals surface area contributed by atoms with E-state index in [1.807, 2.05) is 6.26 Å². The largest absolute Gasteiger partial charge is 0.480 e. The molecule has 0 bridgehead atoms. The van der Waals surface area contributed by atoms with Gasteiger partial charge in [-0.15, -0.1) is 0 Å². The van der Waals surface area contributed by atoms with Crippen LogP contribution in [0.3, 0.4) is 0 Å². The Morgan fingerprint density at radius 1 is 1.58 bits per heavy atom. The lowest BCUT2D eigenvalue weighted by molar-refractivity contribution is -0.137. The maximum atomic E-state index is 11.4. The summed E-state index contributed by atoms with van der Waals surface area (Å²) < 4.78 is 5.72. The summed E-state index contributed by atoms with van der Waals surface area (Å²) in [6.45, 7) is -0.229. The molecular formula is C10H13N3O5S. The molecule has 0 saturated carbocycles. The predicted molar refractivity (Wildman–Crippen MR) is 69.5 cm³/mol. The molecule has 1 rings (SSSR count). The van der Waals surface area contributed by atoms with Crippen molar-refractivity contribution in [3.8, 4) is 0 Å². The van der Waals surface area contributed by atoms with E-state index in [9.17, 15) is 14.4 Å². The summed E-state index contributed by atoms with van der Waals surface area (Å²) in [7, 11) is 0. The fraction of sp³-hybridized carbons (Fsp3) is 0.400. The van der Waals surface area contributed by atoms with Crippen LogP contribution >= 0.6 is 11.8 Å². The average molecular weight is 287 g/mol. The van der Waals surface area contributed by atoms with Gasteiger partial charge < -0.3 is 9.84 Å². The van der Waals surface area contributed by atoms with Crippen LogP contribution in [0.4, 0.5) is 10.6 Å². The number of aromatic nitrogens is 2. The number of carboxylic acid groups (broad SMARTS) is 1. The topological polar surface area (TPSA) is 111 Å². The summed E-state index contributed by atoms with van der Waals surface area (Å²) in [5.74, 6) is -0.469. The summed E-state index contributed by atoms with van der Waals surface area (Å²) in [6, 6.07) is 1.32. The minimum absolute atomic E-state index is 0.0146. The maximum absolute atomic E-state index is 11.4. The Morgan fingerprint density at radius 2 is 2.32 bits per heavy atom. The summed E-state index contributed by atoms with van der Waals surface area (Å²) in [4.78, 5) is 36.7. The van der Waals surface area contributed by atoms with Gasteiger partial charge in [-0.05, 0) is 12.3 Å². The molecule has 0 radical (unpaired) electrons. The van der Waals surface area contributed by atoms with Crippen LogP contribution in [0.15, 0.2) is 17.1 Å². The van der Waals surface area contributed by atoms with Gasteiger partial charge in [-0.3, -0.25) is 14.7 Å². The zero-order valence-corrected chi connectivity index (χ0v) is 11.0. The van der Waals surface area contributed by atoms with Crippen LogP contribution < -0.4 is 11.0 Å². The highest BCUT2D eigenvalue weighted by molar-refractivity contribution is 7.98. The van der Waals surface area contributed by atoms with Crippen LogP contribution in [0.1, 0.15) is 0 Å². The number of aliphatic carboxylic acids is 1. The number of carbonyl (C=O) groups excluding carboxylic acids is 1. The molecule has 1 aromatic rings. The minimum Gasteiger partial charge on any atom is -0.480 e. The van der Waals surface area contributed by atoms with Gasteiger partial charge in [0.15, 0.2) is 0 Å². The number of carbonyl (C=O) groups is 2. The summed E-state index contributed by atoms with van der Waals surface area (Å²) in [5, 5.41) is 10.8. The smallest absolute Gasteiger partial charge is 0.412 e. The summed E-state index contributed by atoms with van der Waals surface area (Å²) in [6.07, 6.45) is 2.41. The molecule has 19 heavy (non-hydrogen) atoms. The number of rotatable bonds is 6. The predicted octanol–water partition coefficient (Wildman–Crippen LogP) is 0.239. The number of hydrogen-bond donors (Lipinski definition) is 2. The molecule has 1 amide bonds. The van der Waals surface area contributed by atoms with Crippen molar-refractivity contribution in [2.24, 2.45) is 0 Å². The number of nitrogens with one attached hydrogen (secondary N) is 1. The highest BCUT2D eigenvalue weighted by Gasteiger charge is 2.07. The van der Waals surface area contributed by atoms with E-state index < -0.39 is 24.3 Å². The van der Waals surface area contributed by atoms with Gasteiger partial charge in [-0.2, -0.15) is 16.7 Å². The first-order chi connectivity index (χ1) is 9.02. The van der Waals surface area contributed by atoms with Crippen molar-refractivity contribution in [3.05, 3.63) is 22.7 Å². The fourth-order valence-corrected chi connectivity index (χ4v) is 1.37. The van der Waals surface area contributed by atoms with E-state index in [2.05, 4.69) is 10.3 Å². The zero-order valence-electron chi connectivity index (χ0n) is 10.2. The molecular weight excluding hydrogens is 274 g/mol. The highest BCUT2D eigenvalue weighted by Crippen LogP contribution is 1.99. The van der Waals surface area contributed by atoms with Gasteiger partial charge in [0.2, 0.25) is 0 Å². The van der Waals surface area contributed by atoms with Crippen molar-refractivity contribution >= 4 is 29.6 Å². The normalized spacial score (nSPS) is 9.95. The van der Waals surface area contributed by atoms with Gasteiger partial charge >= 0.3 is 17.8 Å². The molecule has 0 atom stereocenters. The maximum Gasteiger partial charge on any atom is 0.412 e. The minimum atomic E-state index is -1.15. The standard InChI is InChI=1S/C10H13N3O5S/c1-19-5-4-18-10(17)12-7-2-3-13(6-8(14)15)9(16)11-7/h2-3H,4-6H2,1H3,(H,14,15)(H,11,12,16,17). The van der Waals surface area contributed by atoms with Gasteiger partial charge in [-0.25, -0.2) is 9.59 Å². The third kappa shape index (κ3) is 5.42. The number of amides is 1. The zero-order chi connectivity index (χ0) is 14.3. The van der Waals surface area contributed by atoms with Gasteiger partial charge in [-0.1, -0.05) is 0 Å². The second-order valence-corrected chi connectivity index (χ2v) is 4.36. The molecule has 0 aliphatic rings. The SMILES string of the molecule is CSCCOC(=O)Nc1ccn(CC(=O)O)c(=O)n1. The first-order valence-electron chi connectivity index (χ1n) is 5.25. The second-order valence-electron chi connectivity index (χ2n) is 3.37. The third-order valence-electron chi connectivity index (χ3n) is 1.93. The Morgan fingerprint density at radius 3 is 2.89 bits per heavy atom. The van der Waals surface area contributed by atoms with Crippen molar-refractivity contribution in [1.82, 2.24) is 9.55 Å². The number of nitrogens with zero attached hydrogens (tertiary/aromatic N) is 2. The molecule has 1 heterocycles. The lowest BCUT2D eigenvalue weighted by Gasteiger charge is -2.06. The summed E-state index contributed by atoms with van der Waals surface area (Å²) in [5.41, 5.74) is -0.760. The first-order valence-corrected chi connectivity index (χ1v) is 6.64. The molecule has 0 aliphatic carbocycles. The molecule has 9 heteroatoms. The number of hydrogen-bond acceptors (Lipinski definition) is 6. The molecule has 2 N–H and O–H groups in total. The number of thioether (sulfide) groups is 1. The Bertz CT molecular complexity index is 516. The Hall–Kier alpha value is -2.03. The third-order valence-corrected chi connectivity index (χ3v) is 2.51. The monoisotopic (exact) mass is 287 g/mol. The van der Waals surface area contributed by atoms with Crippen molar-refractivity contribution < 1.29 is 19.4 Å². The fourth-order valence-electron chi connectivity index (χ4n) is 1.12. The molecule has 0 saturated heterocycles. The second kappa shape index (κ2) is 7.41. The molecule has 0 aromatic carbocycles. The molecule has 0 aliphatic heterocycles. The molecule has 104 valence electrons. The molecule has 0 spiro atoms. The van der Waals surface area contributed by atoms with E-state index in [-0.39, 0.29) is 12.4 Å². The number of ether oxygens (including phenoxy) is 1. The van der Waals surface area contributed by atoms with Crippen LogP contribution in [-0.2, 0) is 16.1 Å². The van der Waals surface area contributed by atoms with Crippen molar-refractivity contribution in [2.75, 3.05) is 23.9 Å².